The van der Waals surface area contributed by atoms with Crippen LogP contribution in [0.15, 0.2) is 29.1 Å². The summed E-state index contributed by atoms with van der Waals surface area (Å²) in [7, 11) is 0. The Balaban J connectivity index is 0.917. The number of esters is 1. The molecule has 19 nitrogen and oxygen atoms in total. The maximum atomic E-state index is 15.3. The van der Waals surface area contributed by atoms with Crippen LogP contribution in [0.3, 0.4) is 0 Å². The molecule has 0 radical (unpaired) electrons. The molecule has 1 aromatic carbocycles. The van der Waals surface area contributed by atoms with Crippen LogP contribution in [0.2, 0.25) is 0 Å². The van der Waals surface area contributed by atoms with E-state index in [0.29, 0.717) is 71.1 Å². The highest BCUT2D eigenvalue weighted by molar-refractivity contribution is 6.12. The number of fused-ring (bicyclic) bond motifs is 5. The fraction of sp³-hybridized carbons (Fsp3) is 0.442. The smallest absolute Gasteiger partial charge is 0.343 e. The van der Waals surface area contributed by atoms with E-state index in [0.717, 1.165) is 10.5 Å². The topological polar surface area (TPSA) is 264 Å². The molecular weight excluding hydrogens is 824 g/mol. The van der Waals surface area contributed by atoms with Crippen molar-refractivity contribution in [3.63, 3.8) is 0 Å². The molecule has 6 N–H and O–H groups in total. The zero-order valence-corrected chi connectivity index (χ0v) is 34.9. The second-order valence-corrected chi connectivity index (χ2v) is 16.0. The molecule has 0 fully saturated rings. The zero-order valence-electron chi connectivity index (χ0n) is 34.9. The molecule has 1 aliphatic carbocycles. The number of hydrogen-bond donors (Lipinski definition) is 6. The van der Waals surface area contributed by atoms with Gasteiger partial charge in [0.1, 0.15) is 18.5 Å². The second-order valence-electron chi connectivity index (χ2n) is 16.0. The average Bonchev–Trinajstić information content (AvgIpc) is 3.79. The van der Waals surface area contributed by atoms with Gasteiger partial charge in [0.25, 0.3) is 17.4 Å². The first kappa shape index (κ1) is 44.2. The Bertz CT molecular complexity index is 2570. The van der Waals surface area contributed by atoms with E-state index < -0.39 is 77.7 Å². The lowest BCUT2D eigenvalue weighted by atomic mass is 9.81. The van der Waals surface area contributed by atoms with Crippen LogP contribution in [0.5, 0.6) is 0 Å². The lowest BCUT2D eigenvalue weighted by Crippen LogP contribution is -2.50. The minimum absolute atomic E-state index is 0.0464. The quantitative estimate of drug-likeness (QED) is 0.0493. The monoisotopic (exact) mass is 870 g/mol. The number of benzene rings is 1. The number of nitrogens with zero attached hydrogens (tertiary/aromatic N) is 3. The number of carbonyl (C=O) groups excluding carboxylic acids is 8. The molecular formula is C43H47FN8O11. The van der Waals surface area contributed by atoms with Crippen molar-refractivity contribution in [2.45, 2.75) is 96.6 Å². The predicted molar refractivity (Wildman–Crippen MR) is 219 cm³/mol. The molecule has 0 saturated carbocycles. The summed E-state index contributed by atoms with van der Waals surface area (Å²) in [6, 6.07) is 1.12. The van der Waals surface area contributed by atoms with Gasteiger partial charge in [-0.05, 0) is 68.7 Å². The van der Waals surface area contributed by atoms with Crippen molar-refractivity contribution in [3.05, 3.63) is 73.8 Å². The molecule has 0 unspecified atom stereocenters. The van der Waals surface area contributed by atoms with Gasteiger partial charge in [-0.3, -0.25) is 43.3 Å². The third-order valence-electron chi connectivity index (χ3n) is 12.0. The molecule has 332 valence electrons. The highest BCUT2D eigenvalue weighted by Crippen LogP contribution is 2.46. The number of imide groups is 1. The molecule has 0 bridgehead atoms. The number of halogens is 1. The fourth-order valence-corrected chi connectivity index (χ4v) is 8.52. The zero-order chi connectivity index (χ0) is 45.3. The summed E-state index contributed by atoms with van der Waals surface area (Å²) >= 11 is 0. The summed E-state index contributed by atoms with van der Waals surface area (Å²) in [4.78, 5) is 119. The molecule has 4 aliphatic rings. The highest BCUT2D eigenvalue weighted by atomic mass is 19.1. The van der Waals surface area contributed by atoms with E-state index in [-0.39, 0.29) is 62.0 Å². The maximum Gasteiger partial charge on any atom is 0.343 e. The number of aliphatic hydroxyl groups is 1. The number of hydrogen-bond acceptors (Lipinski definition) is 12. The molecule has 3 aromatic rings. The SMILES string of the molecule is CC[C@@]1(O)C(=O)OCc2c1cc1n(c2=O)Cc2c-1nc1cc(F)c(C)c3c1c2[C@@H](NC(=O)CNC(=O)[C@H](C)NC(=O)CNC(=O)CNC(=O)CCCCCN1C(=O)C=CC1=O)CC3. The number of rotatable bonds is 16. The summed E-state index contributed by atoms with van der Waals surface area (Å²) < 4.78 is 21.9. The minimum atomic E-state index is -2.05. The number of cyclic esters (lactones) is 1. The van der Waals surface area contributed by atoms with Gasteiger partial charge in [-0.2, -0.15) is 0 Å². The molecule has 7 rings (SSSR count). The number of aryl methyl sites for hydroxylation is 1. The van der Waals surface area contributed by atoms with Crippen LogP contribution in [0, 0.1) is 12.7 Å². The molecule has 20 heteroatoms. The Morgan fingerprint density at radius 1 is 0.921 bits per heavy atom. The normalized spacial score (nSPS) is 18.6. The van der Waals surface area contributed by atoms with Crippen LogP contribution in [0.25, 0.3) is 22.3 Å². The summed E-state index contributed by atoms with van der Waals surface area (Å²) in [5.41, 5.74) is 1.12. The Morgan fingerprint density at radius 2 is 1.62 bits per heavy atom. The van der Waals surface area contributed by atoms with E-state index in [1.165, 1.54) is 29.7 Å². The largest absolute Gasteiger partial charge is 0.458 e. The Hall–Kier alpha value is -6.83. The lowest BCUT2D eigenvalue weighted by molar-refractivity contribution is -0.172. The molecule has 0 saturated heterocycles. The van der Waals surface area contributed by atoms with Crippen molar-refractivity contribution in [3.8, 4) is 11.4 Å². The van der Waals surface area contributed by atoms with E-state index >= 15 is 4.39 Å². The first-order valence-electron chi connectivity index (χ1n) is 20.8. The van der Waals surface area contributed by atoms with Crippen molar-refractivity contribution >= 4 is 58.2 Å². The van der Waals surface area contributed by atoms with Crippen molar-refractivity contribution in [1.82, 2.24) is 41.0 Å². The Kier molecular flexibility index (Phi) is 12.5. The second kappa shape index (κ2) is 17.9. The summed E-state index contributed by atoms with van der Waals surface area (Å²) in [5.74, 6) is -5.05. The number of carbonyl (C=O) groups is 8. The lowest BCUT2D eigenvalue weighted by Gasteiger charge is -2.31. The van der Waals surface area contributed by atoms with E-state index in [1.807, 2.05) is 0 Å². The van der Waals surface area contributed by atoms with Gasteiger partial charge in [0.15, 0.2) is 5.60 Å². The average molecular weight is 871 g/mol. The predicted octanol–water partition coefficient (Wildman–Crippen LogP) is -0.0307. The van der Waals surface area contributed by atoms with Crippen LogP contribution in [-0.4, -0.2) is 99.1 Å². The molecule has 2 aromatic heterocycles. The van der Waals surface area contributed by atoms with Crippen LogP contribution in [-0.2, 0) is 68.3 Å². The summed E-state index contributed by atoms with van der Waals surface area (Å²) in [5, 5.41) is 24.6. The summed E-state index contributed by atoms with van der Waals surface area (Å²) in [6.07, 6.45) is 4.83. The van der Waals surface area contributed by atoms with Crippen molar-refractivity contribution < 1.29 is 52.6 Å². The highest BCUT2D eigenvalue weighted by Gasteiger charge is 2.46. The molecule has 0 spiro atoms. The van der Waals surface area contributed by atoms with E-state index in [1.54, 1.807) is 19.9 Å². The number of pyridine rings is 2. The van der Waals surface area contributed by atoms with Crippen molar-refractivity contribution in [2.24, 2.45) is 0 Å². The van der Waals surface area contributed by atoms with Crippen molar-refractivity contribution in [1.29, 1.82) is 0 Å². The third-order valence-corrected chi connectivity index (χ3v) is 12.0. The van der Waals surface area contributed by atoms with Gasteiger partial charge in [-0.25, -0.2) is 14.2 Å². The van der Waals surface area contributed by atoms with Gasteiger partial charge in [0.05, 0.1) is 54.7 Å². The molecule has 3 atom stereocenters. The van der Waals surface area contributed by atoms with Gasteiger partial charge in [-0.1, -0.05) is 13.3 Å². The molecule has 3 aliphatic heterocycles. The molecule has 7 amide bonds. The fourth-order valence-electron chi connectivity index (χ4n) is 8.52. The van der Waals surface area contributed by atoms with Gasteiger partial charge in [-0.15, -0.1) is 0 Å². The first-order valence-corrected chi connectivity index (χ1v) is 20.8. The number of aromatic nitrogens is 2. The number of amides is 7. The summed E-state index contributed by atoms with van der Waals surface area (Å²) in [6.45, 7) is 3.30. The maximum absolute atomic E-state index is 15.3. The first-order chi connectivity index (χ1) is 30.0. The van der Waals surface area contributed by atoms with Gasteiger partial charge < -0.3 is 41.0 Å². The van der Waals surface area contributed by atoms with E-state index in [2.05, 4.69) is 26.6 Å². The van der Waals surface area contributed by atoms with Crippen LogP contribution < -0.4 is 32.1 Å². The van der Waals surface area contributed by atoms with E-state index in [9.17, 15) is 48.3 Å². The standard InChI is InChI=1S/C43H47FN8O11/c1-4-43(62)26-14-30-39-24(19-52(30)41(60)25(26)20-63-42(43)61)38-28(10-9-23-21(2)27(44)15-29(50-39)37(23)38)49-34(56)18-47-40(59)22(3)48-33(55)17-46-32(54)16-45-31(53)8-6-5-7-13-51-35(57)11-12-36(51)58/h11-12,14-15,22,28,62H,4-10,13,16-20H2,1-3H3,(H,45,53)(H,46,54)(H,47,59)(H,48,55)(H,49,56)/t22-,28-,43-/m0/s1. The molecule has 5 heterocycles. The van der Waals surface area contributed by atoms with Crippen LogP contribution in [0.1, 0.15) is 91.8 Å². The van der Waals surface area contributed by atoms with Crippen molar-refractivity contribution in [2.75, 3.05) is 26.2 Å². The number of ether oxygens (including phenoxy) is 1. The van der Waals surface area contributed by atoms with E-state index in [4.69, 9.17) is 9.72 Å². The minimum Gasteiger partial charge on any atom is -0.458 e. The van der Waals surface area contributed by atoms with Crippen LogP contribution >= 0.6 is 0 Å². The Labute approximate surface area is 359 Å². The van der Waals surface area contributed by atoms with Gasteiger partial charge in [0, 0.05) is 47.7 Å². The number of unbranched alkanes of at least 4 members (excludes halogenated alkanes) is 2. The third kappa shape index (κ3) is 8.66. The van der Waals surface area contributed by atoms with Gasteiger partial charge in [0.2, 0.25) is 29.5 Å². The number of nitrogens with one attached hydrogen (secondary N) is 5. The van der Waals surface area contributed by atoms with Crippen LogP contribution in [0.4, 0.5) is 4.39 Å². The molecule has 63 heavy (non-hydrogen) atoms. The Morgan fingerprint density at radius 3 is 2.35 bits per heavy atom. The van der Waals surface area contributed by atoms with Gasteiger partial charge >= 0.3 is 5.97 Å².